The summed E-state index contributed by atoms with van der Waals surface area (Å²) in [5.41, 5.74) is 2.78. The van der Waals surface area contributed by atoms with E-state index in [1.165, 1.54) is 23.8 Å². The molecule has 0 aromatic heterocycles. The van der Waals surface area contributed by atoms with E-state index in [4.69, 9.17) is 4.74 Å². The first-order valence-electron chi connectivity index (χ1n) is 8.83. The Hall–Kier alpha value is -2.50. The summed E-state index contributed by atoms with van der Waals surface area (Å²) in [6.45, 7) is 4.64. The summed E-state index contributed by atoms with van der Waals surface area (Å²) in [5.74, 6) is -0.504. The van der Waals surface area contributed by atoms with E-state index in [2.05, 4.69) is 10.2 Å². The molecule has 0 unspecified atom stereocenters. The van der Waals surface area contributed by atoms with Gasteiger partial charge in [0.05, 0.1) is 13.2 Å². The topological polar surface area (TPSA) is 41.6 Å². The molecule has 26 heavy (non-hydrogen) atoms. The molecule has 1 aliphatic rings. The summed E-state index contributed by atoms with van der Waals surface area (Å²) in [5, 5.41) is 2.83. The molecule has 0 bridgehead atoms. The lowest BCUT2D eigenvalue weighted by atomic mass is 10.1. The number of carbonyl (C=O) groups is 1. The zero-order valence-electron chi connectivity index (χ0n) is 14.7. The van der Waals surface area contributed by atoms with Gasteiger partial charge in [0.15, 0.2) is 0 Å². The highest BCUT2D eigenvalue weighted by Crippen LogP contribution is 2.12. The Morgan fingerprint density at radius 2 is 1.77 bits per heavy atom. The molecule has 1 amide bonds. The molecule has 5 heteroatoms. The van der Waals surface area contributed by atoms with Crippen LogP contribution in [0.3, 0.4) is 0 Å². The minimum absolute atomic E-state index is 0.213. The number of carbonyl (C=O) groups excluding carboxylic acids is 1. The number of hydrogen-bond acceptors (Lipinski definition) is 3. The van der Waals surface area contributed by atoms with E-state index >= 15 is 0 Å². The minimum atomic E-state index is -0.291. The lowest BCUT2D eigenvalue weighted by Gasteiger charge is -2.26. The van der Waals surface area contributed by atoms with E-state index in [0.717, 1.165) is 50.5 Å². The highest BCUT2D eigenvalue weighted by molar-refractivity contribution is 6.01. The van der Waals surface area contributed by atoms with Gasteiger partial charge in [-0.05, 0) is 47.9 Å². The third-order valence-corrected chi connectivity index (χ3v) is 4.34. The van der Waals surface area contributed by atoms with E-state index in [1.807, 2.05) is 24.3 Å². The molecular formula is C21H23FN2O2. The van der Waals surface area contributed by atoms with E-state index in [1.54, 1.807) is 18.2 Å². The van der Waals surface area contributed by atoms with Gasteiger partial charge >= 0.3 is 0 Å². The third-order valence-electron chi connectivity index (χ3n) is 4.34. The zero-order chi connectivity index (χ0) is 18.2. The van der Waals surface area contributed by atoms with Gasteiger partial charge in [-0.2, -0.15) is 0 Å². The molecule has 0 aliphatic carbocycles. The number of nitrogens with one attached hydrogen (secondary N) is 1. The summed E-state index contributed by atoms with van der Waals surface area (Å²) in [7, 11) is 0. The van der Waals surface area contributed by atoms with Crippen molar-refractivity contribution in [1.82, 2.24) is 4.90 Å². The average Bonchev–Trinajstić information content (AvgIpc) is 2.68. The molecule has 1 saturated heterocycles. The number of anilines is 1. The van der Waals surface area contributed by atoms with E-state index in [-0.39, 0.29) is 11.7 Å². The van der Waals surface area contributed by atoms with Crippen LogP contribution in [0.15, 0.2) is 54.6 Å². The minimum Gasteiger partial charge on any atom is -0.379 e. The molecule has 2 aromatic carbocycles. The van der Waals surface area contributed by atoms with Crippen molar-refractivity contribution in [3.63, 3.8) is 0 Å². The lowest BCUT2D eigenvalue weighted by Crippen LogP contribution is -2.37. The van der Waals surface area contributed by atoms with Gasteiger partial charge in [0.2, 0.25) is 5.91 Å². The van der Waals surface area contributed by atoms with Gasteiger partial charge in [0.1, 0.15) is 5.82 Å². The van der Waals surface area contributed by atoms with Gasteiger partial charge in [-0.1, -0.05) is 24.3 Å². The lowest BCUT2D eigenvalue weighted by molar-refractivity contribution is -0.111. The first-order valence-corrected chi connectivity index (χ1v) is 8.83. The fourth-order valence-electron chi connectivity index (χ4n) is 2.80. The second-order valence-electron chi connectivity index (χ2n) is 6.28. The van der Waals surface area contributed by atoms with E-state index in [0.29, 0.717) is 0 Å². The van der Waals surface area contributed by atoms with Crippen LogP contribution >= 0.6 is 0 Å². The monoisotopic (exact) mass is 354 g/mol. The first kappa shape index (κ1) is 18.3. The van der Waals surface area contributed by atoms with Crippen molar-refractivity contribution in [3.8, 4) is 0 Å². The molecule has 1 fully saturated rings. The molecule has 1 aliphatic heterocycles. The van der Waals surface area contributed by atoms with Crippen LogP contribution in [0.1, 0.15) is 11.1 Å². The molecule has 1 heterocycles. The Kier molecular flexibility index (Phi) is 6.52. The zero-order valence-corrected chi connectivity index (χ0v) is 14.7. The van der Waals surface area contributed by atoms with Crippen molar-refractivity contribution in [3.05, 3.63) is 71.6 Å². The van der Waals surface area contributed by atoms with Crippen LogP contribution in [0.2, 0.25) is 0 Å². The summed E-state index contributed by atoms with van der Waals surface area (Å²) in [4.78, 5) is 14.4. The first-order chi connectivity index (χ1) is 12.7. The van der Waals surface area contributed by atoms with Crippen LogP contribution in [0.5, 0.6) is 0 Å². The molecule has 3 rings (SSSR count). The smallest absolute Gasteiger partial charge is 0.248 e. The molecule has 0 saturated carbocycles. The highest BCUT2D eigenvalue weighted by atomic mass is 19.1. The number of ether oxygens (including phenoxy) is 1. The van der Waals surface area contributed by atoms with Gasteiger partial charge in [0, 0.05) is 31.4 Å². The molecule has 136 valence electrons. The fraction of sp³-hybridized carbons (Fsp3) is 0.286. The Morgan fingerprint density at radius 1 is 1.08 bits per heavy atom. The van der Waals surface area contributed by atoms with Crippen molar-refractivity contribution < 1.29 is 13.9 Å². The van der Waals surface area contributed by atoms with E-state index < -0.39 is 0 Å². The maximum atomic E-state index is 12.9. The molecular weight excluding hydrogens is 331 g/mol. The standard InChI is InChI=1S/C21H23FN2O2/c22-19-6-1-17(2-7-19)5-10-21(25)23-20-8-3-18(4-9-20)11-12-24-13-15-26-16-14-24/h1-10H,11-16H2,(H,23,25)/b10-5+. The van der Waals surface area contributed by atoms with Crippen LogP contribution in [-0.4, -0.2) is 43.7 Å². The quantitative estimate of drug-likeness (QED) is 0.809. The normalized spacial score (nSPS) is 15.3. The highest BCUT2D eigenvalue weighted by Gasteiger charge is 2.09. The Bertz CT molecular complexity index is 736. The molecule has 0 spiro atoms. The van der Waals surface area contributed by atoms with Gasteiger partial charge in [-0.3, -0.25) is 9.69 Å². The van der Waals surface area contributed by atoms with Crippen molar-refractivity contribution in [2.45, 2.75) is 6.42 Å². The number of nitrogens with zero attached hydrogens (tertiary/aromatic N) is 1. The van der Waals surface area contributed by atoms with Gasteiger partial charge in [-0.25, -0.2) is 4.39 Å². The Balaban J connectivity index is 1.47. The van der Waals surface area contributed by atoms with Crippen LogP contribution in [-0.2, 0) is 16.0 Å². The van der Waals surface area contributed by atoms with Gasteiger partial charge in [-0.15, -0.1) is 0 Å². The van der Waals surface area contributed by atoms with Gasteiger partial charge in [0.25, 0.3) is 0 Å². The Morgan fingerprint density at radius 3 is 2.46 bits per heavy atom. The Labute approximate surface area is 153 Å². The summed E-state index contributed by atoms with van der Waals surface area (Å²) in [6.07, 6.45) is 4.09. The predicted molar refractivity (Wildman–Crippen MR) is 101 cm³/mol. The van der Waals surface area contributed by atoms with Crippen LogP contribution in [0, 0.1) is 5.82 Å². The molecule has 0 atom stereocenters. The maximum absolute atomic E-state index is 12.9. The number of hydrogen-bond donors (Lipinski definition) is 1. The van der Waals surface area contributed by atoms with Crippen LogP contribution in [0.4, 0.5) is 10.1 Å². The van der Waals surface area contributed by atoms with Crippen molar-refractivity contribution in [2.24, 2.45) is 0 Å². The number of morpholine rings is 1. The second kappa shape index (κ2) is 9.27. The average molecular weight is 354 g/mol. The molecule has 2 aromatic rings. The summed E-state index contributed by atoms with van der Waals surface area (Å²) >= 11 is 0. The fourth-order valence-corrected chi connectivity index (χ4v) is 2.80. The second-order valence-corrected chi connectivity index (χ2v) is 6.28. The maximum Gasteiger partial charge on any atom is 0.248 e. The largest absolute Gasteiger partial charge is 0.379 e. The molecule has 4 nitrogen and oxygen atoms in total. The number of halogens is 1. The van der Waals surface area contributed by atoms with Crippen molar-refractivity contribution >= 4 is 17.7 Å². The number of benzene rings is 2. The SMILES string of the molecule is O=C(/C=C/c1ccc(F)cc1)Nc1ccc(CCN2CCOCC2)cc1. The summed E-state index contributed by atoms with van der Waals surface area (Å²) < 4.78 is 18.2. The predicted octanol–water partition coefficient (Wildman–Crippen LogP) is 3.35. The number of rotatable bonds is 6. The van der Waals surface area contributed by atoms with E-state index in [9.17, 15) is 9.18 Å². The van der Waals surface area contributed by atoms with Gasteiger partial charge < -0.3 is 10.1 Å². The van der Waals surface area contributed by atoms with Crippen LogP contribution < -0.4 is 5.32 Å². The summed E-state index contributed by atoms with van der Waals surface area (Å²) in [6, 6.07) is 13.9. The third kappa shape index (κ3) is 5.79. The van der Waals surface area contributed by atoms with Crippen LogP contribution in [0.25, 0.3) is 6.08 Å². The molecule has 0 radical (unpaired) electrons. The number of amides is 1. The molecule has 1 N–H and O–H groups in total. The van der Waals surface area contributed by atoms with Crippen molar-refractivity contribution in [2.75, 3.05) is 38.2 Å². The van der Waals surface area contributed by atoms with Crippen molar-refractivity contribution in [1.29, 1.82) is 0 Å².